The normalized spacial score (nSPS) is 10.7. The lowest BCUT2D eigenvalue weighted by molar-refractivity contribution is -0.114. The number of thioether (sulfide) groups is 1. The van der Waals surface area contributed by atoms with Gasteiger partial charge in [-0.05, 0) is 55.0 Å². The summed E-state index contributed by atoms with van der Waals surface area (Å²) in [4.78, 5) is 32.8. The van der Waals surface area contributed by atoms with Crippen LogP contribution in [0, 0.1) is 6.92 Å². The van der Waals surface area contributed by atoms with Crippen molar-refractivity contribution in [2.24, 2.45) is 0 Å². The van der Waals surface area contributed by atoms with Crippen molar-refractivity contribution in [3.05, 3.63) is 82.9 Å². The first-order valence-electron chi connectivity index (χ1n) is 10.2. The third-order valence-electron chi connectivity index (χ3n) is 4.72. The second-order valence-corrected chi connectivity index (χ2v) is 8.61. The molecule has 0 aliphatic carbocycles. The third kappa shape index (κ3) is 5.59. The molecular formula is C23H20ClN7O2S. The Morgan fingerprint density at radius 2 is 1.71 bits per heavy atom. The highest BCUT2D eigenvalue weighted by molar-refractivity contribution is 7.98. The van der Waals surface area contributed by atoms with Gasteiger partial charge in [-0.25, -0.2) is 14.6 Å². The van der Waals surface area contributed by atoms with Crippen LogP contribution in [0.1, 0.15) is 28.7 Å². The van der Waals surface area contributed by atoms with Crippen LogP contribution in [0.15, 0.2) is 66.1 Å². The monoisotopic (exact) mass is 493 g/mol. The number of benzene rings is 2. The van der Waals surface area contributed by atoms with Gasteiger partial charge in [0.1, 0.15) is 0 Å². The summed E-state index contributed by atoms with van der Waals surface area (Å²) in [5.41, 5.74) is 3.55. The van der Waals surface area contributed by atoms with Gasteiger partial charge in [0.15, 0.2) is 10.9 Å². The number of rotatable bonds is 7. The summed E-state index contributed by atoms with van der Waals surface area (Å²) >= 11 is 7.68. The van der Waals surface area contributed by atoms with Gasteiger partial charge in [0.2, 0.25) is 5.91 Å². The molecule has 2 heterocycles. The first kappa shape index (κ1) is 23.4. The fraction of sp³-hybridized carbons (Fsp3) is 0.130. The van der Waals surface area contributed by atoms with E-state index >= 15 is 0 Å². The zero-order valence-electron chi connectivity index (χ0n) is 18.3. The molecule has 0 saturated carbocycles. The van der Waals surface area contributed by atoms with Gasteiger partial charge >= 0.3 is 0 Å². The molecule has 0 saturated heterocycles. The van der Waals surface area contributed by atoms with Crippen LogP contribution in [0.2, 0.25) is 5.02 Å². The van der Waals surface area contributed by atoms with Gasteiger partial charge in [-0.3, -0.25) is 9.59 Å². The number of halogens is 1. The van der Waals surface area contributed by atoms with E-state index in [4.69, 9.17) is 11.6 Å². The number of aromatic nitrogens is 5. The Hall–Kier alpha value is -3.76. The Labute approximate surface area is 205 Å². The molecule has 11 heteroatoms. The van der Waals surface area contributed by atoms with Crippen molar-refractivity contribution in [2.75, 3.05) is 10.6 Å². The lowest BCUT2D eigenvalue weighted by atomic mass is 10.2. The molecule has 9 nitrogen and oxygen atoms in total. The molecule has 0 spiro atoms. The molecule has 0 fully saturated rings. The number of anilines is 2. The number of amides is 2. The van der Waals surface area contributed by atoms with Crippen molar-refractivity contribution in [2.45, 2.75) is 24.8 Å². The van der Waals surface area contributed by atoms with E-state index in [1.165, 1.54) is 18.7 Å². The minimum atomic E-state index is -0.415. The van der Waals surface area contributed by atoms with Crippen LogP contribution in [0.3, 0.4) is 0 Å². The highest BCUT2D eigenvalue weighted by Crippen LogP contribution is 2.26. The van der Waals surface area contributed by atoms with E-state index in [0.717, 1.165) is 5.56 Å². The third-order valence-corrected chi connectivity index (χ3v) is 6.02. The molecule has 4 rings (SSSR count). The molecule has 0 radical (unpaired) electrons. The van der Waals surface area contributed by atoms with Crippen molar-refractivity contribution < 1.29 is 9.59 Å². The molecule has 0 aliphatic rings. The topological polar surface area (TPSA) is 115 Å². The summed E-state index contributed by atoms with van der Waals surface area (Å²) in [6.07, 6.45) is 3.31. The fourth-order valence-corrected chi connectivity index (χ4v) is 4.02. The Bertz CT molecular complexity index is 1330. The van der Waals surface area contributed by atoms with Crippen molar-refractivity contribution in [1.82, 2.24) is 25.0 Å². The van der Waals surface area contributed by atoms with Gasteiger partial charge in [0.05, 0.1) is 11.4 Å². The summed E-state index contributed by atoms with van der Waals surface area (Å²) in [5.74, 6) is -0.234. The Kier molecular flexibility index (Phi) is 7.19. The maximum Gasteiger partial charge on any atom is 0.278 e. The minimum absolute atomic E-state index is 0.172. The van der Waals surface area contributed by atoms with Crippen molar-refractivity contribution in [3.8, 4) is 5.69 Å². The van der Waals surface area contributed by atoms with Gasteiger partial charge in [-0.2, -0.15) is 0 Å². The highest BCUT2D eigenvalue weighted by Gasteiger charge is 2.22. The van der Waals surface area contributed by atoms with Crippen LogP contribution in [-0.2, 0) is 10.5 Å². The highest BCUT2D eigenvalue weighted by atomic mass is 35.5. The van der Waals surface area contributed by atoms with Crippen LogP contribution in [0.25, 0.3) is 5.69 Å². The van der Waals surface area contributed by atoms with Crippen molar-refractivity contribution >= 4 is 46.6 Å². The van der Waals surface area contributed by atoms with E-state index < -0.39 is 5.91 Å². The van der Waals surface area contributed by atoms with E-state index in [9.17, 15) is 9.59 Å². The van der Waals surface area contributed by atoms with Crippen LogP contribution in [-0.4, -0.2) is 36.8 Å². The molecule has 2 aromatic carbocycles. The number of carbonyl (C=O) groups excluding carboxylic acids is 2. The molecular weight excluding hydrogens is 474 g/mol. The molecule has 0 unspecified atom stereocenters. The first-order chi connectivity index (χ1) is 16.4. The molecule has 0 aliphatic heterocycles. The number of nitrogens with zero attached hydrogens (tertiary/aromatic N) is 5. The SMILES string of the molecule is CC(=O)Nc1ccc(NC(=O)c2nnn(-c3ccc(C)c(Cl)c3)c2CSc2ncccn2)cc1. The van der Waals surface area contributed by atoms with E-state index in [2.05, 4.69) is 30.9 Å². The van der Waals surface area contributed by atoms with Crippen LogP contribution >= 0.6 is 23.4 Å². The number of carbonyl (C=O) groups is 2. The van der Waals surface area contributed by atoms with Gasteiger partial charge in [0, 0.05) is 41.5 Å². The zero-order valence-corrected chi connectivity index (χ0v) is 19.9. The van der Waals surface area contributed by atoms with Crippen molar-refractivity contribution in [3.63, 3.8) is 0 Å². The minimum Gasteiger partial charge on any atom is -0.326 e. The lowest BCUT2D eigenvalue weighted by Gasteiger charge is -2.10. The number of aryl methyl sites for hydroxylation is 1. The molecule has 0 atom stereocenters. The molecule has 172 valence electrons. The summed E-state index contributed by atoms with van der Waals surface area (Å²) in [5, 5.41) is 15.0. The maximum atomic E-state index is 13.1. The quantitative estimate of drug-likeness (QED) is 0.287. The predicted molar refractivity (Wildman–Crippen MR) is 131 cm³/mol. The maximum absolute atomic E-state index is 13.1. The van der Waals surface area contributed by atoms with Gasteiger partial charge in [0.25, 0.3) is 5.91 Å². The van der Waals surface area contributed by atoms with Gasteiger partial charge in [-0.1, -0.05) is 34.6 Å². The van der Waals surface area contributed by atoms with Crippen LogP contribution < -0.4 is 10.6 Å². The Balaban J connectivity index is 1.62. The van der Waals surface area contributed by atoms with Gasteiger partial charge in [-0.15, -0.1) is 5.10 Å². The molecule has 2 N–H and O–H groups in total. The summed E-state index contributed by atoms with van der Waals surface area (Å²) in [6.45, 7) is 3.34. The second-order valence-electron chi connectivity index (χ2n) is 7.26. The lowest BCUT2D eigenvalue weighted by Crippen LogP contribution is -2.15. The number of nitrogens with one attached hydrogen (secondary N) is 2. The van der Waals surface area contributed by atoms with Crippen molar-refractivity contribution in [1.29, 1.82) is 0 Å². The standard InChI is InChI=1S/C23H20ClN7O2S/c1-14-4-9-18(12-19(14)24)31-20(13-34-23-25-10-3-11-26-23)21(29-30-31)22(33)28-17-7-5-16(6-8-17)27-15(2)32/h3-12H,13H2,1-2H3,(H,27,32)(H,28,33). The van der Waals surface area contributed by atoms with Crippen LogP contribution in [0.5, 0.6) is 0 Å². The van der Waals surface area contributed by atoms with Crippen LogP contribution in [0.4, 0.5) is 11.4 Å². The molecule has 2 aromatic heterocycles. The van der Waals surface area contributed by atoms with E-state index in [-0.39, 0.29) is 11.6 Å². The summed E-state index contributed by atoms with van der Waals surface area (Å²) in [6, 6.07) is 14.1. The predicted octanol–water partition coefficient (Wildman–Crippen LogP) is 4.52. The second kappa shape index (κ2) is 10.4. The Morgan fingerprint density at radius 1 is 1.03 bits per heavy atom. The van der Waals surface area contributed by atoms with E-state index in [1.54, 1.807) is 53.5 Å². The fourth-order valence-electron chi connectivity index (χ4n) is 3.05. The summed E-state index contributed by atoms with van der Waals surface area (Å²) in [7, 11) is 0. The largest absolute Gasteiger partial charge is 0.326 e. The Morgan fingerprint density at radius 3 is 2.35 bits per heavy atom. The average Bonchev–Trinajstić information content (AvgIpc) is 3.25. The average molecular weight is 494 g/mol. The first-order valence-corrected chi connectivity index (χ1v) is 11.6. The number of hydrogen-bond acceptors (Lipinski definition) is 7. The van der Waals surface area contributed by atoms with E-state index in [1.807, 2.05) is 19.1 Å². The molecule has 34 heavy (non-hydrogen) atoms. The molecule has 2 amide bonds. The molecule has 4 aromatic rings. The van der Waals surface area contributed by atoms with E-state index in [0.29, 0.717) is 38.7 Å². The molecule has 0 bridgehead atoms. The smallest absolute Gasteiger partial charge is 0.278 e. The summed E-state index contributed by atoms with van der Waals surface area (Å²) < 4.78 is 1.59. The number of hydrogen-bond donors (Lipinski definition) is 2. The van der Waals surface area contributed by atoms with Gasteiger partial charge < -0.3 is 10.6 Å². The zero-order chi connectivity index (χ0) is 24.1.